The number of thiazole rings is 1. The van der Waals surface area contributed by atoms with Crippen LogP contribution in [-0.4, -0.2) is 31.5 Å². The van der Waals surface area contributed by atoms with Gasteiger partial charge in [0.15, 0.2) is 4.34 Å². The zero-order chi connectivity index (χ0) is 19.7. The predicted octanol–water partition coefficient (Wildman–Crippen LogP) is 3.44. The number of hydrogen-bond donors (Lipinski definition) is 0. The van der Waals surface area contributed by atoms with Crippen LogP contribution in [-0.2, 0) is 27.1 Å². The number of rotatable bonds is 4. The van der Waals surface area contributed by atoms with Crippen LogP contribution in [0.15, 0.2) is 49.1 Å². The summed E-state index contributed by atoms with van der Waals surface area (Å²) in [6.45, 7) is 0. The van der Waals surface area contributed by atoms with Crippen molar-refractivity contribution in [3.8, 4) is 11.4 Å². The lowest BCUT2D eigenvalue weighted by Crippen LogP contribution is -2.05. The van der Waals surface area contributed by atoms with Crippen LogP contribution in [0.2, 0.25) is 0 Å². The van der Waals surface area contributed by atoms with E-state index in [1.54, 1.807) is 5.38 Å². The summed E-state index contributed by atoms with van der Waals surface area (Å²) in [5.74, 6) is -2.25. The van der Waals surface area contributed by atoms with Gasteiger partial charge in [-0.2, -0.15) is 22.5 Å². The Morgan fingerprint density at radius 3 is 2.56 bits per heavy atom. The molecular formula is C15H11F3N4O3S2. The van der Waals surface area contributed by atoms with Crippen LogP contribution in [0, 0.1) is 0 Å². The van der Waals surface area contributed by atoms with Crippen LogP contribution < -0.4 is 0 Å². The van der Waals surface area contributed by atoms with Gasteiger partial charge in [0.2, 0.25) is 5.82 Å². The first-order valence-electron chi connectivity index (χ1n) is 7.30. The van der Waals surface area contributed by atoms with Crippen molar-refractivity contribution in [1.82, 2.24) is 15.1 Å². The van der Waals surface area contributed by atoms with Gasteiger partial charge >= 0.3 is 12.1 Å². The van der Waals surface area contributed by atoms with Crippen LogP contribution in [0.5, 0.6) is 0 Å². The summed E-state index contributed by atoms with van der Waals surface area (Å²) in [4.78, 5) is 19.3. The van der Waals surface area contributed by atoms with Gasteiger partial charge in [-0.3, -0.25) is 4.79 Å². The fraction of sp³-hybridized carbons (Fsp3) is 0.200. The molecular weight excluding hydrogens is 405 g/mol. The summed E-state index contributed by atoms with van der Waals surface area (Å²) in [5, 5.41) is 4.92. The topological polar surface area (TPSA) is 98.3 Å². The maximum Gasteiger partial charge on any atom is 0.471 e. The van der Waals surface area contributed by atoms with E-state index >= 15 is 0 Å². The van der Waals surface area contributed by atoms with Crippen molar-refractivity contribution in [1.29, 1.82) is 0 Å². The molecule has 0 aliphatic rings. The lowest BCUT2D eigenvalue weighted by molar-refractivity contribution is -0.159. The number of carbonyl (C=O) groups excluding carboxylic acids is 1. The third-order valence-electron chi connectivity index (χ3n) is 3.25. The van der Waals surface area contributed by atoms with Gasteiger partial charge in [-0.1, -0.05) is 29.4 Å². The number of amides is 1. The molecule has 0 saturated carbocycles. The van der Waals surface area contributed by atoms with Crippen molar-refractivity contribution < 1.29 is 26.7 Å². The highest BCUT2D eigenvalue weighted by molar-refractivity contribution is 7.95. The van der Waals surface area contributed by atoms with E-state index in [1.807, 2.05) is 0 Å². The highest BCUT2D eigenvalue weighted by Gasteiger charge is 2.38. The van der Waals surface area contributed by atoms with E-state index in [2.05, 4.69) is 24.0 Å². The van der Waals surface area contributed by atoms with E-state index in [4.69, 9.17) is 0 Å². The van der Waals surface area contributed by atoms with Crippen LogP contribution >= 0.6 is 11.3 Å². The van der Waals surface area contributed by atoms with Gasteiger partial charge in [0.1, 0.15) is 9.73 Å². The fourth-order valence-corrected chi connectivity index (χ4v) is 4.21. The Labute approximate surface area is 155 Å². The minimum Gasteiger partial charge on any atom is -0.329 e. The second-order valence-corrected chi connectivity index (χ2v) is 8.71. The minimum absolute atomic E-state index is 0.115. The molecule has 0 fully saturated rings. The zero-order valence-electron chi connectivity index (χ0n) is 13.6. The van der Waals surface area contributed by atoms with Gasteiger partial charge in [0.25, 0.3) is 5.91 Å². The molecule has 0 bridgehead atoms. The molecule has 3 aromatic rings. The Hall–Kier alpha value is -2.60. The molecule has 0 N–H and O–H groups in total. The maximum atomic E-state index is 12.5. The fourth-order valence-electron chi connectivity index (χ4n) is 2.07. The molecule has 0 spiro atoms. The molecule has 27 heavy (non-hydrogen) atoms. The summed E-state index contributed by atoms with van der Waals surface area (Å²) in [7, 11) is -2.90. The summed E-state index contributed by atoms with van der Waals surface area (Å²) in [5.41, 5.74) is 0.839. The summed E-state index contributed by atoms with van der Waals surface area (Å²) < 4.78 is 58.1. The molecule has 1 unspecified atom stereocenters. The minimum atomic E-state index is -4.72. The van der Waals surface area contributed by atoms with Gasteiger partial charge in [0, 0.05) is 23.4 Å². The number of hydrogen-bond acceptors (Lipinski definition) is 7. The van der Waals surface area contributed by atoms with E-state index < -0.39 is 27.7 Å². The van der Waals surface area contributed by atoms with E-state index in [0.717, 1.165) is 11.3 Å². The van der Waals surface area contributed by atoms with E-state index in [0.29, 0.717) is 11.1 Å². The number of carbonyl (C=O) groups is 1. The lowest BCUT2D eigenvalue weighted by Gasteiger charge is -2.01. The van der Waals surface area contributed by atoms with Crippen molar-refractivity contribution in [2.45, 2.75) is 16.9 Å². The number of halogens is 3. The molecule has 1 aromatic carbocycles. The first-order chi connectivity index (χ1) is 12.6. The first-order valence-corrected chi connectivity index (χ1v) is 10.1. The molecule has 12 heteroatoms. The molecule has 2 heterocycles. The molecule has 1 atom stereocenters. The normalized spacial score (nSPS) is 13.9. The Balaban J connectivity index is 1.74. The number of alkyl halides is 3. The number of benzene rings is 1. The molecule has 0 saturated heterocycles. The Morgan fingerprint density at radius 1 is 1.30 bits per heavy atom. The molecule has 7 nitrogen and oxygen atoms in total. The lowest BCUT2D eigenvalue weighted by atomic mass is 10.1. The quantitative estimate of drug-likeness (QED) is 0.646. The van der Waals surface area contributed by atoms with Gasteiger partial charge in [-0.25, -0.2) is 9.19 Å². The van der Waals surface area contributed by atoms with Crippen molar-refractivity contribution in [2.24, 2.45) is 4.36 Å². The molecule has 2 aromatic heterocycles. The monoisotopic (exact) mass is 416 g/mol. The van der Waals surface area contributed by atoms with Crippen LogP contribution in [0.3, 0.4) is 0 Å². The van der Waals surface area contributed by atoms with Gasteiger partial charge in [-0.05, 0) is 5.56 Å². The summed E-state index contributed by atoms with van der Waals surface area (Å²) >= 11 is 1.15. The molecule has 142 valence electrons. The van der Waals surface area contributed by atoms with E-state index in [9.17, 15) is 22.2 Å². The van der Waals surface area contributed by atoms with E-state index in [1.165, 1.54) is 36.7 Å². The van der Waals surface area contributed by atoms with Crippen LogP contribution in [0.25, 0.3) is 11.4 Å². The average molecular weight is 416 g/mol. The van der Waals surface area contributed by atoms with Gasteiger partial charge in [0.05, 0.1) is 6.42 Å². The van der Waals surface area contributed by atoms with Gasteiger partial charge < -0.3 is 4.52 Å². The summed E-state index contributed by atoms with van der Waals surface area (Å²) in [6, 6.07) is 5.95. The number of nitrogens with zero attached hydrogens (tertiary/aromatic N) is 4. The van der Waals surface area contributed by atoms with Crippen molar-refractivity contribution in [2.75, 3.05) is 6.26 Å². The molecule has 0 aliphatic heterocycles. The largest absolute Gasteiger partial charge is 0.471 e. The maximum absolute atomic E-state index is 12.5. The van der Waals surface area contributed by atoms with E-state index in [-0.39, 0.29) is 16.6 Å². The number of aromatic nitrogens is 3. The van der Waals surface area contributed by atoms with Crippen LogP contribution in [0.4, 0.5) is 13.2 Å². The van der Waals surface area contributed by atoms with Gasteiger partial charge in [-0.15, -0.1) is 11.3 Å². The molecule has 0 radical (unpaired) electrons. The molecule has 3 rings (SSSR count). The zero-order valence-corrected chi connectivity index (χ0v) is 15.3. The molecule has 1 amide bonds. The first kappa shape index (κ1) is 19.2. The third kappa shape index (κ3) is 4.57. The average Bonchev–Trinajstić information content (AvgIpc) is 3.27. The Bertz CT molecular complexity index is 1070. The van der Waals surface area contributed by atoms with Crippen molar-refractivity contribution in [3.63, 3.8) is 0 Å². The Kier molecular flexibility index (Phi) is 5.11. The highest BCUT2D eigenvalue weighted by atomic mass is 32.2. The standard InChI is InChI=1S/C15H11F3N4O3S2/c1-27(24,14-19-6-7-26-14)22-11(23)8-9-2-4-10(5-3-9)12-20-13(25-21-12)15(16,17)18/h2-7H,8H2,1H3. The van der Waals surface area contributed by atoms with Crippen molar-refractivity contribution in [3.05, 3.63) is 47.3 Å². The second kappa shape index (κ2) is 7.19. The predicted molar refractivity (Wildman–Crippen MR) is 90.3 cm³/mol. The third-order valence-corrected chi connectivity index (χ3v) is 6.33. The smallest absolute Gasteiger partial charge is 0.329 e. The van der Waals surface area contributed by atoms with Crippen LogP contribution in [0.1, 0.15) is 11.5 Å². The Morgan fingerprint density at radius 2 is 2.00 bits per heavy atom. The summed E-state index contributed by atoms with van der Waals surface area (Å²) in [6.07, 6.45) is -2.02. The second-order valence-electron chi connectivity index (χ2n) is 5.38. The SMILES string of the molecule is CS(=O)(=NC(=O)Cc1ccc(-c2noc(C(F)(F)F)n2)cc1)c1nccs1. The molecule has 0 aliphatic carbocycles. The highest BCUT2D eigenvalue weighted by Crippen LogP contribution is 2.29. The van der Waals surface area contributed by atoms with Crippen molar-refractivity contribution >= 4 is 27.0 Å².